The van der Waals surface area contributed by atoms with Crippen molar-refractivity contribution in [3.05, 3.63) is 41.4 Å². The van der Waals surface area contributed by atoms with Crippen LogP contribution in [0.2, 0.25) is 23.3 Å². The third-order valence-electron chi connectivity index (χ3n) is 5.10. The summed E-state index contributed by atoms with van der Waals surface area (Å²) in [6.07, 6.45) is 3.85. The zero-order valence-electron chi connectivity index (χ0n) is 16.2. The van der Waals surface area contributed by atoms with E-state index in [1.165, 1.54) is 0 Å². The predicted octanol–water partition coefficient (Wildman–Crippen LogP) is 5.21. The van der Waals surface area contributed by atoms with Crippen LogP contribution in [0.3, 0.4) is 0 Å². The first-order valence-electron chi connectivity index (χ1n) is 8.66. The van der Waals surface area contributed by atoms with E-state index in [-0.39, 0.29) is 5.04 Å². The minimum absolute atomic E-state index is 0.160. The molecule has 0 aliphatic carbocycles. The van der Waals surface area contributed by atoms with Crippen LogP contribution in [0.4, 0.5) is 0 Å². The van der Waals surface area contributed by atoms with Gasteiger partial charge in [-0.1, -0.05) is 32.4 Å². The molecule has 0 saturated heterocycles. The third kappa shape index (κ3) is 3.82. The molecular weight excluding hydrogens is 364 g/mol. The Kier molecular flexibility index (Phi) is 4.94. The molecule has 0 aliphatic rings. The maximum atomic E-state index is 6.37. The van der Waals surface area contributed by atoms with Gasteiger partial charge >= 0.3 is 0 Å². The molecule has 0 spiro atoms. The third-order valence-corrected chi connectivity index (χ3v) is 9.78. The summed E-state index contributed by atoms with van der Waals surface area (Å²) >= 11 is 6.02. The van der Waals surface area contributed by atoms with Crippen LogP contribution in [0.1, 0.15) is 26.5 Å². The Bertz CT molecular complexity index is 946. The molecule has 138 valence electrons. The van der Waals surface area contributed by atoms with Gasteiger partial charge < -0.3 is 4.43 Å². The molecule has 0 atom stereocenters. The highest BCUT2D eigenvalue weighted by atomic mass is 35.5. The number of nitrogens with zero attached hydrogens (tertiary/aromatic N) is 4. The molecule has 0 aliphatic heterocycles. The van der Waals surface area contributed by atoms with E-state index in [4.69, 9.17) is 16.0 Å². The Balaban J connectivity index is 1.94. The molecule has 0 radical (unpaired) electrons. The lowest BCUT2D eigenvalue weighted by Gasteiger charge is -2.36. The zero-order valence-corrected chi connectivity index (χ0v) is 17.9. The highest BCUT2D eigenvalue weighted by Crippen LogP contribution is 2.37. The molecule has 0 bridgehead atoms. The molecule has 5 nitrogen and oxygen atoms in total. The van der Waals surface area contributed by atoms with Gasteiger partial charge in [-0.3, -0.25) is 9.67 Å². The van der Waals surface area contributed by atoms with Crippen LogP contribution in [0, 0.1) is 0 Å². The fourth-order valence-electron chi connectivity index (χ4n) is 2.48. The van der Waals surface area contributed by atoms with Crippen LogP contribution >= 0.6 is 11.6 Å². The molecule has 0 aromatic carbocycles. The number of aromatic nitrogens is 4. The second-order valence-corrected chi connectivity index (χ2v) is 13.3. The fourth-order valence-corrected chi connectivity index (χ4v) is 3.56. The topological polar surface area (TPSA) is 52.8 Å². The number of rotatable bonds is 4. The summed E-state index contributed by atoms with van der Waals surface area (Å²) < 4.78 is 8.18. The molecule has 3 aromatic rings. The van der Waals surface area contributed by atoms with E-state index in [9.17, 15) is 0 Å². The van der Waals surface area contributed by atoms with Crippen LogP contribution in [-0.4, -0.2) is 28.1 Å². The summed E-state index contributed by atoms with van der Waals surface area (Å²) in [5.74, 6) is 0. The molecule has 0 unspecified atom stereocenters. The minimum Gasteiger partial charge on any atom is -0.411 e. The van der Waals surface area contributed by atoms with E-state index in [0.29, 0.717) is 11.8 Å². The van der Waals surface area contributed by atoms with Gasteiger partial charge in [0.1, 0.15) is 5.15 Å². The highest BCUT2D eigenvalue weighted by molar-refractivity contribution is 6.74. The molecule has 3 aromatic heterocycles. The Labute approximate surface area is 160 Å². The van der Waals surface area contributed by atoms with E-state index < -0.39 is 8.32 Å². The number of aryl methyl sites for hydroxylation is 1. The van der Waals surface area contributed by atoms with Gasteiger partial charge in [0.2, 0.25) is 0 Å². The molecule has 0 N–H and O–H groups in total. The molecule has 0 amide bonds. The maximum absolute atomic E-state index is 6.37. The lowest BCUT2D eigenvalue weighted by molar-refractivity contribution is 0.271. The first kappa shape index (κ1) is 19.0. The minimum atomic E-state index is -1.85. The smallest absolute Gasteiger partial charge is 0.192 e. The first-order valence-corrected chi connectivity index (χ1v) is 11.9. The van der Waals surface area contributed by atoms with Gasteiger partial charge in [0.05, 0.1) is 23.3 Å². The normalized spacial score (nSPS) is 12.7. The van der Waals surface area contributed by atoms with Gasteiger partial charge in [-0.15, -0.1) is 0 Å². The second kappa shape index (κ2) is 6.76. The van der Waals surface area contributed by atoms with Gasteiger partial charge in [0.15, 0.2) is 8.32 Å². The van der Waals surface area contributed by atoms with E-state index in [1.54, 1.807) is 6.07 Å². The number of fused-ring (bicyclic) bond motifs is 1. The Morgan fingerprint density at radius 1 is 1.19 bits per heavy atom. The van der Waals surface area contributed by atoms with E-state index in [2.05, 4.69) is 48.9 Å². The second-order valence-electron chi connectivity index (χ2n) is 8.11. The monoisotopic (exact) mass is 388 g/mol. The fraction of sp³-hybridized carbons (Fsp3) is 0.421. The molecule has 7 heteroatoms. The van der Waals surface area contributed by atoms with Crippen molar-refractivity contribution < 1.29 is 4.43 Å². The number of hydrogen-bond donors (Lipinski definition) is 0. The van der Waals surface area contributed by atoms with Crippen LogP contribution in [0.15, 0.2) is 30.6 Å². The zero-order chi connectivity index (χ0) is 19.1. The standard InChI is InChI=1S/C19H25ClN4OSi/c1-19(2,3)26(5,6)25-12-17-14(11-24(4)23-17)13-9-16-15(21-10-13)7-8-18(20)22-16/h7-11H,12H2,1-6H3. The molecule has 3 rings (SSSR count). The maximum Gasteiger partial charge on any atom is 0.192 e. The predicted molar refractivity (Wildman–Crippen MR) is 109 cm³/mol. The molecule has 0 saturated carbocycles. The van der Waals surface area contributed by atoms with Crippen LogP contribution < -0.4 is 0 Å². The number of halogens is 1. The van der Waals surface area contributed by atoms with Crippen molar-refractivity contribution >= 4 is 31.0 Å². The van der Waals surface area contributed by atoms with Crippen molar-refractivity contribution in [2.24, 2.45) is 7.05 Å². The summed E-state index contributed by atoms with van der Waals surface area (Å²) in [7, 11) is 0.0714. The van der Waals surface area contributed by atoms with Crippen molar-refractivity contribution in [3.63, 3.8) is 0 Å². The quantitative estimate of drug-likeness (QED) is 0.455. The summed E-state index contributed by atoms with van der Waals surface area (Å²) in [5.41, 5.74) is 4.49. The number of hydrogen-bond acceptors (Lipinski definition) is 4. The lowest BCUT2D eigenvalue weighted by atomic mass is 10.1. The van der Waals surface area contributed by atoms with Gasteiger partial charge in [-0.25, -0.2) is 4.98 Å². The molecule has 0 fully saturated rings. The first-order chi connectivity index (χ1) is 12.1. The van der Waals surface area contributed by atoms with Gasteiger partial charge in [-0.2, -0.15) is 5.10 Å². The average molecular weight is 389 g/mol. The summed E-state index contributed by atoms with van der Waals surface area (Å²) in [4.78, 5) is 8.87. The van der Waals surface area contributed by atoms with Crippen molar-refractivity contribution in [1.82, 2.24) is 19.7 Å². The van der Waals surface area contributed by atoms with Gasteiger partial charge in [0.25, 0.3) is 0 Å². The van der Waals surface area contributed by atoms with Crippen LogP contribution in [0.5, 0.6) is 0 Å². The highest BCUT2D eigenvalue weighted by Gasteiger charge is 2.37. The van der Waals surface area contributed by atoms with Crippen molar-refractivity contribution in [2.75, 3.05) is 0 Å². The summed E-state index contributed by atoms with van der Waals surface area (Å²) in [6, 6.07) is 5.62. The summed E-state index contributed by atoms with van der Waals surface area (Å²) in [6.45, 7) is 11.7. The molecular formula is C19H25ClN4OSi. The van der Waals surface area contributed by atoms with E-state index >= 15 is 0 Å². The van der Waals surface area contributed by atoms with Crippen LogP contribution in [0.25, 0.3) is 22.2 Å². The Morgan fingerprint density at radius 2 is 1.92 bits per heavy atom. The summed E-state index contributed by atoms with van der Waals surface area (Å²) in [5, 5.41) is 5.23. The lowest BCUT2D eigenvalue weighted by Crippen LogP contribution is -2.40. The largest absolute Gasteiger partial charge is 0.411 e. The van der Waals surface area contributed by atoms with Gasteiger partial charge in [-0.05, 0) is 36.3 Å². The Morgan fingerprint density at radius 3 is 2.62 bits per heavy atom. The molecule has 26 heavy (non-hydrogen) atoms. The average Bonchev–Trinajstić information content (AvgIpc) is 2.92. The van der Waals surface area contributed by atoms with Crippen molar-refractivity contribution in [1.29, 1.82) is 0 Å². The van der Waals surface area contributed by atoms with Crippen molar-refractivity contribution in [2.45, 2.75) is 45.5 Å². The van der Waals surface area contributed by atoms with E-state index in [1.807, 2.05) is 36.3 Å². The number of pyridine rings is 2. The molecule has 3 heterocycles. The Hall–Kier alpha value is -1.76. The van der Waals surface area contributed by atoms with Crippen LogP contribution in [-0.2, 0) is 18.1 Å². The van der Waals surface area contributed by atoms with Gasteiger partial charge in [0, 0.05) is 30.6 Å². The SMILES string of the molecule is Cn1cc(-c2cnc3ccc(Cl)nc3c2)c(CO[Si](C)(C)C(C)(C)C)n1. The van der Waals surface area contributed by atoms with E-state index in [0.717, 1.165) is 27.9 Å². The van der Waals surface area contributed by atoms with Crippen molar-refractivity contribution in [3.8, 4) is 11.1 Å².